The lowest BCUT2D eigenvalue weighted by atomic mass is 10.00. The number of aromatic amines is 1. The number of benzene rings is 2. The van der Waals surface area contributed by atoms with Crippen molar-refractivity contribution in [2.24, 2.45) is 23.1 Å². The van der Waals surface area contributed by atoms with E-state index >= 15 is 0 Å². The molecule has 59 heavy (non-hydrogen) atoms. The molecule has 1 aromatic heterocycles. The number of H-pyrrole nitrogens is 1. The lowest BCUT2D eigenvalue weighted by Gasteiger charge is -2.27. The molecule has 0 fully saturated rings. The van der Waals surface area contributed by atoms with Crippen LogP contribution in [0.3, 0.4) is 0 Å². The van der Waals surface area contributed by atoms with Crippen LogP contribution in [-0.4, -0.2) is 110 Å². The number of hydrogen-bond donors (Lipinski definition) is 12. The summed E-state index contributed by atoms with van der Waals surface area (Å²) in [5.74, 6) is -10.6. The number of nitrogens with two attached hydrogens (primary N) is 3. The number of hydrogen-bond acceptors (Lipinski definition) is 11. The fourth-order valence-electron chi connectivity index (χ4n) is 5.97. The van der Waals surface area contributed by atoms with Gasteiger partial charge in [0.15, 0.2) is 0 Å². The van der Waals surface area contributed by atoms with E-state index in [0.29, 0.717) is 16.5 Å². The second-order valence-corrected chi connectivity index (χ2v) is 14.3. The summed E-state index contributed by atoms with van der Waals surface area (Å²) in [6.45, 7) is 3.42. The number of phenolic OH excluding ortho intramolecular Hbond substituents is 1. The molecule has 6 atom stereocenters. The lowest BCUT2D eigenvalue weighted by molar-refractivity contribution is -0.142. The number of carbonyl (C=O) groups excluding carboxylic acids is 7. The van der Waals surface area contributed by atoms with E-state index in [2.05, 4.69) is 31.6 Å². The highest BCUT2D eigenvalue weighted by Gasteiger charge is 2.34. The molecule has 3 aromatic rings. The topological polar surface area (TPSA) is 368 Å². The Bertz CT molecular complexity index is 2030. The summed E-state index contributed by atoms with van der Waals surface area (Å²) in [6.07, 6.45) is -1.26. The maximum absolute atomic E-state index is 14.0. The maximum Gasteiger partial charge on any atom is 0.326 e. The van der Waals surface area contributed by atoms with Gasteiger partial charge in [-0.1, -0.05) is 44.2 Å². The van der Waals surface area contributed by atoms with Crippen LogP contribution in [0.1, 0.15) is 50.7 Å². The van der Waals surface area contributed by atoms with E-state index in [1.54, 1.807) is 44.3 Å². The van der Waals surface area contributed by atoms with Gasteiger partial charge in [0, 0.05) is 29.9 Å². The van der Waals surface area contributed by atoms with Crippen molar-refractivity contribution in [3.63, 3.8) is 0 Å². The molecule has 0 saturated heterocycles. The number of rotatable bonds is 23. The highest BCUT2D eigenvalue weighted by atomic mass is 16.4. The minimum atomic E-state index is -1.80. The number of fused-ring (bicyclic) bond motifs is 1. The van der Waals surface area contributed by atoms with E-state index in [1.165, 1.54) is 24.3 Å². The molecule has 0 saturated carbocycles. The molecule has 7 amide bonds. The van der Waals surface area contributed by atoms with Gasteiger partial charge in [-0.2, -0.15) is 0 Å². The van der Waals surface area contributed by atoms with Gasteiger partial charge in [-0.3, -0.25) is 38.4 Å². The van der Waals surface area contributed by atoms with Crippen LogP contribution >= 0.6 is 0 Å². The molecule has 318 valence electrons. The zero-order valence-electron chi connectivity index (χ0n) is 32.2. The predicted octanol–water partition coefficient (Wildman–Crippen LogP) is -2.23. The number of phenols is 1. The Labute approximate surface area is 337 Å². The molecule has 0 unspecified atom stereocenters. The van der Waals surface area contributed by atoms with Gasteiger partial charge in [0.05, 0.1) is 25.3 Å². The first-order valence-electron chi connectivity index (χ1n) is 18.4. The minimum Gasteiger partial charge on any atom is -0.508 e. The summed E-state index contributed by atoms with van der Waals surface area (Å²) in [7, 11) is 0. The molecule has 0 bridgehead atoms. The Balaban J connectivity index is 1.87. The van der Waals surface area contributed by atoms with Crippen molar-refractivity contribution >= 4 is 64.2 Å². The number of carbonyl (C=O) groups is 9. The molecule has 0 aliphatic rings. The first-order valence-corrected chi connectivity index (χ1v) is 18.4. The molecule has 21 nitrogen and oxygen atoms in total. The van der Waals surface area contributed by atoms with E-state index in [-0.39, 0.29) is 30.9 Å². The fourth-order valence-corrected chi connectivity index (χ4v) is 5.97. The van der Waals surface area contributed by atoms with Crippen molar-refractivity contribution in [2.45, 2.75) is 88.6 Å². The Hall–Kier alpha value is -7.03. The third-order valence-electron chi connectivity index (χ3n) is 8.87. The highest BCUT2D eigenvalue weighted by molar-refractivity contribution is 5.98. The van der Waals surface area contributed by atoms with Crippen molar-refractivity contribution in [1.29, 1.82) is 0 Å². The van der Waals surface area contributed by atoms with Crippen molar-refractivity contribution < 1.29 is 58.5 Å². The average molecular weight is 824 g/mol. The monoisotopic (exact) mass is 823 g/mol. The van der Waals surface area contributed by atoms with Gasteiger partial charge in [-0.15, -0.1) is 0 Å². The first-order chi connectivity index (χ1) is 27.7. The van der Waals surface area contributed by atoms with Crippen molar-refractivity contribution in [3.8, 4) is 5.75 Å². The van der Waals surface area contributed by atoms with Gasteiger partial charge in [0.2, 0.25) is 41.4 Å². The molecular formula is C38H49N9O12. The average Bonchev–Trinajstić information content (AvgIpc) is 3.55. The summed E-state index contributed by atoms with van der Waals surface area (Å²) in [5.41, 5.74) is 17.8. The summed E-state index contributed by atoms with van der Waals surface area (Å²) in [4.78, 5) is 118. The zero-order valence-corrected chi connectivity index (χ0v) is 32.2. The predicted molar refractivity (Wildman–Crippen MR) is 208 cm³/mol. The summed E-state index contributed by atoms with van der Waals surface area (Å²) in [6, 6.07) is 3.01. The number of aromatic nitrogens is 1. The Morgan fingerprint density at radius 1 is 0.627 bits per heavy atom. The van der Waals surface area contributed by atoms with Gasteiger partial charge in [-0.25, -0.2) is 4.79 Å². The van der Waals surface area contributed by atoms with Crippen molar-refractivity contribution in [1.82, 2.24) is 31.6 Å². The van der Waals surface area contributed by atoms with Gasteiger partial charge in [-0.05, 0) is 41.7 Å². The Kier molecular flexibility index (Phi) is 16.9. The van der Waals surface area contributed by atoms with Gasteiger partial charge in [0.1, 0.15) is 36.0 Å². The molecule has 15 N–H and O–H groups in total. The normalized spacial score (nSPS) is 14.1. The standard InChI is InChI=1S/C38H49N9O12/c1-18(2)11-25(34(54)46-27(15-31(41)50)36(56)47-29(38(58)59)13-20-17-42-24-6-4-3-5-22(20)24)44-35(55)26(12-19-7-9-21(48)10-8-19)45-37(57)28(16-32(51)52)43-33(53)23(39)14-30(40)49/h3-10,17-18,23,25-29,42,48H,11-16,39H2,1-2H3,(H2,40,49)(H2,41,50)(H,43,53)(H,44,55)(H,45,57)(H,46,54)(H,47,56)(H,51,52)(H,58,59)/t23-,25-,26-,27-,28-,29-/m0/s1. The SMILES string of the molecule is CC(C)C[C@H](NC(=O)[C@H](Cc1ccc(O)cc1)NC(=O)[C@H](CC(=O)O)NC(=O)[C@@H](N)CC(N)=O)C(=O)N[C@@H](CC(N)=O)C(=O)N[C@@H](Cc1c[nH]c2ccccc12)C(=O)O. The number of amides is 7. The van der Waals surface area contributed by atoms with E-state index in [4.69, 9.17) is 17.2 Å². The molecule has 0 radical (unpaired) electrons. The van der Waals surface area contributed by atoms with Crippen LogP contribution in [0.5, 0.6) is 5.75 Å². The summed E-state index contributed by atoms with van der Waals surface area (Å²) in [5, 5.41) is 41.7. The van der Waals surface area contributed by atoms with Crippen LogP contribution in [0, 0.1) is 5.92 Å². The number of carboxylic acids is 2. The van der Waals surface area contributed by atoms with Gasteiger partial charge in [0.25, 0.3) is 0 Å². The van der Waals surface area contributed by atoms with Gasteiger partial charge < -0.3 is 64.1 Å². The number of aromatic hydroxyl groups is 1. The molecule has 1 heterocycles. The van der Waals surface area contributed by atoms with Crippen LogP contribution in [0.4, 0.5) is 0 Å². The lowest BCUT2D eigenvalue weighted by Crippen LogP contribution is -2.60. The number of para-hydroxylation sites is 1. The zero-order chi connectivity index (χ0) is 44.0. The Morgan fingerprint density at radius 2 is 1.14 bits per heavy atom. The van der Waals surface area contributed by atoms with Crippen LogP contribution in [0.2, 0.25) is 0 Å². The van der Waals surface area contributed by atoms with Gasteiger partial charge >= 0.3 is 11.9 Å². The molecule has 0 spiro atoms. The second-order valence-electron chi connectivity index (χ2n) is 14.3. The number of aliphatic carboxylic acids is 2. The van der Waals surface area contributed by atoms with Crippen LogP contribution in [0.25, 0.3) is 10.9 Å². The first kappa shape index (κ1) is 46.4. The third-order valence-corrected chi connectivity index (χ3v) is 8.87. The van der Waals surface area contributed by atoms with E-state index in [1.807, 2.05) is 0 Å². The van der Waals surface area contributed by atoms with E-state index in [9.17, 15) is 58.5 Å². The smallest absolute Gasteiger partial charge is 0.326 e. The van der Waals surface area contributed by atoms with E-state index < -0.39 is 109 Å². The van der Waals surface area contributed by atoms with Crippen LogP contribution < -0.4 is 43.8 Å². The van der Waals surface area contributed by atoms with Crippen LogP contribution in [-0.2, 0) is 56.0 Å². The fraction of sp³-hybridized carbons (Fsp3) is 0.395. The van der Waals surface area contributed by atoms with E-state index in [0.717, 1.165) is 5.52 Å². The molecule has 2 aromatic carbocycles. The molecular weight excluding hydrogens is 774 g/mol. The number of nitrogens with one attached hydrogen (secondary N) is 6. The highest BCUT2D eigenvalue weighted by Crippen LogP contribution is 2.19. The minimum absolute atomic E-state index is 0.0594. The van der Waals surface area contributed by atoms with Crippen LogP contribution in [0.15, 0.2) is 54.7 Å². The molecule has 21 heteroatoms. The summed E-state index contributed by atoms with van der Waals surface area (Å²) >= 11 is 0. The molecule has 0 aliphatic heterocycles. The number of primary amides is 2. The largest absolute Gasteiger partial charge is 0.508 e. The maximum atomic E-state index is 14.0. The third kappa shape index (κ3) is 14.8. The molecule has 3 rings (SSSR count). The molecule has 0 aliphatic carbocycles. The Morgan fingerprint density at radius 3 is 1.71 bits per heavy atom. The quantitative estimate of drug-likeness (QED) is 0.0482. The number of carboxylic acid groups (broad SMARTS) is 2. The van der Waals surface area contributed by atoms with Crippen molar-refractivity contribution in [3.05, 3.63) is 65.9 Å². The second kappa shape index (κ2) is 21.5. The van der Waals surface area contributed by atoms with Crippen molar-refractivity contribution in [2.75, 3.05) is 0 Å². The summed E-state index contributed by atoms with van der Waals surface area (Å²) < 4.78 is 0.